The number of carbonyl (C=O) groups excluding carboxylic acids is 1. The van der Waals surface area contributed by atoms with E-state index in [-0.39, 0.29) is 16.0 Å². The highest BCUT2D eigenvalue weighted by Crippen LogP contribution is 2.51. The van der Waals surface area contributed by atoms with E-state index in [4.69, 9.17) is 11.6 Å². The molecule has 1 fully saturated rings. The second kappa shape index (κ2) is 6.21. The molecule has 1 amide bonds. The normalized spacial score (nSPS) is 18.0. The maximum Gasteiger partial charge on any atom is 0.263 e. The maximum absolute atomic E-state index is 12.6. The van der Waals surface area contributed by atoms with Crippen molar-refractivity contribution < 1.29 is 13.2 Å². The molecule has 2 N–H and O–H groups in total. The van der Waals surface area contributed by atoms with E-state index in [1.54, 1.807) is 12.1 Å². The molecule has 2 heterocycles. The van der Waals surface area contributed by atoms with E-state index in [9.17, 15) is 13.2 Å². The zero-order valence-corrected chi connectivity index (χ0v) is 16.7. The second-order valence-corrected chi connectivity index (χ2v) is 9.47. The van der Waals surface area contributed by atoms with Crippen molar-refractivity contribution in [3.8, 4) is 0 Å². The summed E-state index contributed by atoms with van der Waals surface area (Å²) < 4.78 is 28.4. The summed E-state index contributed by atoms with van der Waals surface area (Å²) >= 11 is 9.17. The minimum atomic E-state index is -3.81. The Bertz CT molecular complexity index is 1000. The summed E-state index contributed by atoms with van der Waals surface area (Å²) in [4.78, 5) is 16.4. The quantitative estimate of drug-likeness (QED) is 0.682. The van der Waals surface area contributed by atoms with E-state index in [0.717, 1.165) is 36.9 Å². The molecule has 26 heavy (non-hydrogen) atoms. The molecular formula is C17H15BrClN3O3S. The summed E-state index contributed by atoms with van der Waals surface area (Å²) in [6.07, 6.45) is 4.72. The van der Waals surface area contributed by atoms with Gasteiger partial charge in [-0.25, -0.2) is 13.4 Å². The van der Waals surface area contributed by atoms with Gasteiger partial charge in [0.05, 0.1) is 16.8 Å². The van der Waals surface area contributed by atoms with E-state index in [0.29, 0.717) is 10.2 Å². The van der Waals surface area contributed by atoms with Crippen molar-refractivity contribution in [2.24, 2.45) is 0 Å². The summed E-state index contributed by atoms with van der Waals surface area (Å²) in [6.45, 7) is 0. The molecule has 1 aliphatic carbocycles. The van der Waals surface area contributed by atoms with Crippen LogP contribution in [-0.2, 0) is 20.2 Å². The number of rotatable bonds is 3. The summed E-state index contributed by atoms with van der Waals surface area (Å²) in [7, 11) is -3.81. The number of fused-ring (bicyclic) bond motifs is 2. The average molecular weight is 457 g/mol. The van der Waals surface area contributed by atoms with Gasteiger partial charge in [0.25, 0.3) is 10.0 Å². The number of halogens is 2. The number of nitrogens with one attached hydrogen (secondary N) is 2. The average Bonchev–Trinajstić information content (AvgIpc) is 3.17. The van der Waals surface area contributed by atoms with Crippen molar-refractivity contribution in [2.75, 3.05) is 10.0 Å². The molecule has 1 spiro atoms. The fraction of sp³-hybridized carbons (Fsp3) is 0.294. The van der Waals surface area contributed by atoms with Crippen LogP contribution >= 0.6 is 27.5 Å². The van der Waals surface area contributed by atoms with E-state index >= 15 is 0 Å². The van der Waals surface area contributed by atoms with Crippen LogP contribution in [0.4, 0.5) is 11.4 Å². The van der Waals surface area contributed by atoms with Crippen molar-refractivity contribution in [1.82, 2.24) is 4.98 Å². The van der Waals surface area contributed by atoms with E-state index in [2.05, 4.69) is 31.0 Å². The number of carbonyl (C=O) groups is 1. The van der Waals surface area contributed by atoms with Crippen molar-refractivity contribution in [3.63, 3.8) is 0 Å². The van der Waals surface area contributed by atoms with Crippen LogP contribution in [0.1, 0.15) is 31.2 Å². The monoisotopic (exact) mass is 455 g/mol. The first-order valence-electron chi connectivity index (χ1n) is 8.12. The van der Waals surface area contributed by atoms with Gasteiger partial charge in [0.15, 0.2) is 0 Å². The Morgan fingerprint density at radius 3 is 2.62 bits per heavy atom. The van der Waals surface area contributed by atoms with Gasteiger partial charge in [0.1, 0.15) is 10.0 Å². The van der Waals surface area contributed by atoms with Crippen LogP contribution in [0.15, 0.2) is 39.8 Å². The third-order valence-corrected chi connectivity index (χ3v) is 7.21. The standard InChI is InChI=1S/C17H15BrClN3O3S/c18-13-8-10(22-26(24,25)11-3-4-14(19)20-9-11)7-12-15(13)21-16(23)17(12)5-1-2-6-17/h3-4,7-9,22H,1-2,5-6H2,(H,21,23). The molecule has 0 saturated heterocycles. The zero-order chi connectivity index (χ0) is 18.5. The third-order valence-electron chi connectivity index (χ3n) is 5.00. The molecule has 0 radical (unpaired) electrons. The number of anilines is 2. The lowest BCUT2D eigenvalue weighted by atomic mass is 9.80. The Morgan fingerprint density at radius 2 is 1.96 bits per heavy atom. The lowest BCUT2D eigenvalue weighted by Gasteiger charge is -2.21. The van der Waals surface area contributed by atoms with Crippen molar-refractivity contribution in [2.45, 2.75) is 36.0 Å². The zero-order valence-electron chi connectivity index (χ0n) is 13.6. The summed E-state index contributed by atoms with van der Waals surface area (Å²) in [5.74, 6) is -0.00684. The number of amides is 1. The molecule has 2 aliphatic rings. The smallest absolute Gasteiger partial charge is 0.263 e. The highest BCUT2D eigenvalue weighted by atomic mass is 79.9. The van der Waals surface area contributed by atoms with Crippen LogP contribution in [0.3, 0.4) is 0 Å². The molecule has 136 valence electrons. The topological polar surface area (TPSA) is 88.2 Å². The molecular weight excluding hydrogens is 442 g/mol. The second-order valence-electron chi connectivity index (χ2n) is 6.55. The van der Waals surface area contributed by atoms with Crippen molar-refractivity contribution in [3.05, 3.63) is 45.7 Å². The fourth-order valence-corrected chi connectivity index (χ4v) is 5.39. The molecule has 0 bridgehead atoms. The predicted octanol–water partition coefficient (Wildman–Crippen LogP) is 4.06. The summed E-state index contributed by atoms with van der Waals surface area (Å²) in [6, 6.07) is 6.21. The predicted molar refractivity (Wildman–Crippen MR) is 103 cm³/mol. The summed E-state index contributed by atoms with van der Waals surface area (Å²) in [5, 5.41) is 3.16. The first kappa shape index (κ1) is 17.8. The van der Waals surface area contributed by atoms with Gasteiger partial charge < -0.3 is 5.32 Å². The van der Waals surface area contributed by atoms with Gasteiger partial charge >= 0.3 is 0 Å². The highest BCUT2D eigenvalue weighted by molar-refractivity contribution is 9.10. The van der Waals surface area contributed by atoms with Gasteiger partial charge in [-0.05, 0) is 58.6 Å². The number of aromatic nitrogens is 1. The summed E-state index contributed by atoms with van der Waals surface area (Å²) in [5.41, 5.74) is 1.42. The Morgan fingerprint density at radius 1 is 1.23 bits per heavy atom. The molecule has 1 aromatic heterocycles. The molecule has 1 saturated carbocycles. The Balaban J connectivity index is 1.73. The van der Waals surface area contributed by atoms with Crippen molar-refractivity contribution >= 4 is 54.8 Å². The molecule has 6 nitrogen and oxygen atoms in total. The highest BCUT2D eigenvalue weighted by Gasteiger charge is 2.49. The number of hydrogen-bond acceptors (Lipinski definition) is 4. The Hall–Kier alpha value is -1.64. The van der Waals surface area contributed by atoms with E-state index in [1.165, 1.54) is 18.3 Å². The number of hydrogen-bond donors (Lipinski definition) is 2. The molecule has 4 rings (SSSR count). The van der Waals surface area contributed by atoms with Gasteiger partial charge in [0.2, 0.25) is 5.91 Å². The van der Waals surface area contributed by atoms with Gasteiger partial charge in [0, 0.05) is 10.7 Å². The minimum Gasteiger partial charge on any atom is -0.324 e. The van der Waals surface area contributed by atoms with Crippen molar-refractivity contribution in [1.29, 1.82) is 0 Å². The van der Waals surface area contributed by atoms with Crippen LogP contribution in [-0.4, -0.2) is 19.3 Å². The first-order chi connectivity index (χ1) is 12.3. The molecule has 0 unspecified atom stereocenters. The minimum absolute atomic E-state index is 0.00684. The Labute approximate surface area is 164 Å². The maximum atomic E-state index is 12.6. The SMILES string of the molecule is O=C1Nc2c(Br)cc(NS(=O)(=O)c3ccc(Cl)nc3)cc2C12CCCC2. The molecule has 0 atom stereocenters. The number of benzene rings is 1. The van der Waals surface area contributed by atoms with Gasteiger partial charge in [-0.2, -0.15) is 0 Å². The van der Waals surface area contributed by atoms with Crippen LogP contribution < -0.4 is 10.0 Å². The van der Waals surface area contributed by atoms with Crippen LogP contribution in [0, 0.1) is 0 Å². The van der Waals surface area contributed by atoms with Gasteiger partial charge in [-0.3, -0.25) is 9.52 Å². The molecule has 1 aliphatic heterocycles. The third kappa shape index (κ3) is 2.80. The number of pyridine rings is 1. The molecule has 9 heteroatoms. The lowest BCUT2D eigenvalue weighted by Crippen LogP contribution is -2.31. The largest absolute Gasteiger partial charge is 0.324 e. The lowest BCUT2D eigenvalue weighted by molar-refractivity contribution is -0.120. The van der Waals surface area contributed by atoms with Gasteiger partial charge in [-0.15, -0.1) is 0 Å². The number of sulfonamides is 1. The van der Waals surface area contributed by atoms with Crippen LogP contribution in [0.2, 0.25) is 5.15 Å². The molecule has 1 aromatic carbocycles. The fourth-order valence-electron chi connectivity index (χ4n) is 3.74. The van der Waals surface area contributed by atoms with Crippen LogP contribution in [0.25, 0.3) is 0 Å². The van der Waals surface area contributed by atoms with Gasteiger partial charge in [-0.1, -0.05) is 24.4 Å². The number of nitrogens with zero attached hydrogens (tertiary/aromatic N) is 1. The molecule has 2 aromatic rings. The van der Waals surface area contributed by atoms with E-state index < -0.39 is 15.4 Å². The van der Waals surface area contributed by atoms with Crippen LogP contribution in [0.5, 0.6) is 0 Å². The van der Waals surface area contributed by atoms with E-state index in [1.807, 2.05) is 0 Å². The Kier molecular flexibility index (Phi) is 4.24. The first-order valence-corrected chi connectivity index (χ1v) is 10.8.